The van der Waals surface area contributed by atoms with Gasteiger partial charge in [-0.3, -0.25) is 14.5 Å². The molecule has 8 heteroatoms. The second-order valence-electron chi connectivity index (χ2n) is 8.47. The number of aryl methyl sites for hydroxylation is 1. The van der Waals surface area contributed by atoms with Gasteiger partial charge in [0.2, 0.25) is 5.91 Å². The fourth-order valence-electron chi connectivity index (χ4n) is 3.92. The van der Waals surface area contributed by atoms with Crippen LogP contribution in [0.1, 0.15) is 53.2 Å². The molecular weight excluding hydrogens is 431 g/mol. The minimum atomic E-state index is -4.53. The molecular formula is C25H30F3N3O2. The smallest absolute Gasteiger partial charge is 0.350 e. The molecule has 1 fully saturated rings. The number of rotatable bonds is 9. The maximum absolute atomic E-state index is 12.8. The van der Waals surface area contributed by atoms with E-state index < -0.39 is 17.6 Å². The Morgan fingerprint density at radius 3 is 2.52 bits per heavy atom. The summed E-state index contributed by atoms with van der Waals surface area (Å²) in [5, 5.41) is 5.28. The van der Waals surface area contributed by atoms with E-state index in [9.17, 15) is 22.8 Å². The van der Waals surface area contributed by atoms with Crippen LogP contribution in [0.5, 0.6) is 0 Å². The molecule has 0 aliphatic carbocycles. The summed E-state index contributed by atoms with van der Waals surface area (Å²) in [6.07, 6.45) is -0.259. The highest BCUT2D eigenvalue weighted by atomic mass is 19.4. The highest BCUT2D eigenvalue weighted by Gasteiger charge is 2.31. The van der Waals surface area contributed by atoms with Gasteiger partial charge in [0.25, 0.3) is 5.91 Å². The van der Waals surface area contributed by atoms with Crippen molar-refractivity contribution in [3.8, 4) is 0 Å². The van der Waals surface area contributed by atoms with Crippen molar-refractivity contribution in [2.45, 2.75) is 51.4 Å². The van der Waals surface area contributed by atoms with E-state index in [2.05, 4.69) is 46.7 Å². The number of unbranched alkanes of at least 4 members (excludes halogenated alkanes) is 1. The molecule has 5 nitrogen and oxygen atoms in total. The van der Waals surface area contributed by atoms with Crippen LogP contribution >= 0.6 is 0 Å². The van der Waals surface area contributed by atoms with E-state index >= 15 is 0 Å². The highest BCUT2D eigenvalue weighted by molar-refractivity contribution is 5.96. The molecule has 178 valence electrons. The van der Waals surface area contributed by atoms with Crippen LogP contribution in [0.25, 0.3) is 0 Å². The molecule has 0 saturated carbocycles. The monoisotopic (exact) mass is 461 g/mol. The lowest BCUT2D eigenvalue weighted by Crippen LogP contribution is -2.43. The minimum Gasteiger partial charge on any atom is -0.350 e. The lowest BCUT2D eigenvalue weighted by molar-refractivity contribution is -0.137. The van der Waals surface area contributed by atoms with Crippen molar-refractivity contribution in [3.63, 3.8) is 0 Å². The number of carbonyl (C=O) groups is 2. The van der Waals surface area contributed by atoms with Crippen LogP contribution in [0.2, 0.25) is 0 Å². The fourth-order valence-corrected chi connectivity index (χ4v) is 3.92. The number of carbonyl (C=O) groups excluding carboxylic acids is 2. The number of likely N-dealkylation sites (tertiary alicyclic amines) is 1. The number of halogens is 3. The normalized spacial score (nSPS) is 16.5. The Kier molecular flexibility index (Phi) is 8.49. The molecule has 2 aromatic rings. The van der Waals surface area contributed by atoms with Gasteiger partial charge in [0.15, 0.2) is 0 Å². The zero-order valence-electron chi connectivity index (χ0n) is 18.8. The first kappa shape index (κ1) is 24.8. The summed E-state index contributed by atoms with van der Waals surface area (Å²) < 4.78 is 38.4. The van der Waals surface area contributed by atoms with Crippen molar-refractivity contribution in [3.05, 3.63) is 70.8 Å². The second-order valence-corrected chi connectivity index (χ2v) is 8.47. The third-order valence-corrected chi connectivity index (χ3v) is 5.75. The predicted molar refractivity (Wildman–Crippen MR) is 121 cm³/mol. The highest BCUT2D eigenvalue weighted by Crippen LogP contribution is 2.29. The number of hydrogen-bond donors (Lipinski definition) is 2. The Morgan fingerprint density at radius 1 is 1.09 bits per heavy atom. The molecule has 1 saturated heterocycles. The van der Waals surface area contributed by atoms with E-state index in [1.165, 1.54) is 36.1 Å². The number of nitrogens with one attached hydrogen (secondary N) is 2. The van der Waals surface area contributed by atoms with Gasteiger partial charge in [0.05, 0.1) is 12.1 Å². The van der Waals surface area contributed by atoms with Crippen LogP contribution < -0.4 is 10.6 Å². The summed E-state index contributed by atoms with van der Waals surface area (Å²) in [7, 11) is 0. The number of alkyl halides is 3. The number of benzene rings is 2. The lowest BCUT2D eigenvalue weighted by atomic mass is 10.1. The van der Waals surface area contributed by atoms with E-state index in [0.717, 1.165) is 38.1 Å². The minimum absolute atomic E-state index is 0.0215. The van der Waals surface area contributed by atoms with Crippen LogP contribution in [0.4, 0.5) is 13.2 Å². The molecule has 0 aromatic heterocycles. The molecule has 33 heavy (non-hydrogen) atoms. The molecule has 0 radical (unpaired) electrons. The molecule has 0 bridgehead atoms. The molecule has 1 atom stereocenters. The molecule has 1 heterocycles. The standard InChI is InChI=1S/C25H30F3N3O2/c1-2-3-5-18-8-10-19(11-9-18)16-31-13-12-22(17-31)30-23(32)15-29-24(33)20-6-4-7-21(14-20)25(26,27)28/h4,6-11,14,22H,2-3,5,12-13,15-17H2,1H3,(H,29,33)(H,30,32). The third kappa shape index (κ3) is 7.60. The number of nitrogens with zero attached hydrogens (tertiary/aromatic N) is 1. The average molecular weight is 462 g/mol. The quantitative estimate of drug-likeness (QED) is 0.589. The van der Waals surface area contributed by atoms with E-state index in [0.29, 0.717) is 6.54 Å². The van der Waals surface area contributed by atoms with Crippen LogP contribution in [0.3, 0.4) is 0 Å². The van der Waals surface area contributed by atoms with Crippen LogP contribution in [-0.2, 0) is 23.9 Å². The van der Waals surface area contributed by atoms with Crippen molar-refractivity contribution in [2.75, 3.05) is 19.6 Å². The number of hydrogen-bond acceptors (Lipinski definition) is 3. The molecule has 2 amide bonds. The Balaban J connectivity index is 1.41. The van der Waals surface area contributed by atoms with Crippen LogP contribution in [0, 0.1) is 0 Å². The third-order valence-electron chi connectivity index (χ3n) is 5.75. The molecule has 1 aliphatic heterocycles. The first-order valence-corrected chi connectivity index (χ1v) is 11.3. The number of amides is 2. The summed E-state index contributed by atoms with van der Waals surface area (Å²) in [4.78, 5) is 26.6. The average Bonchev–Trinajstić information content (AvgIpc) is 3.23. The summed E-state index contributed by atoms with van der Waals surface area (Å²) in [6.45, 7) is 4.28. The van der Waals surface area contributed by atoms with Crippen molar-refractivity contribution in [2.24, 2.45) is 0 Å². The summed E-state index contributed by atoms with van der Waals surface area (Å²) in [5.74, 6) is -1.07. The van der Waals surface area contributed by atoms with Crippen molar-refractivity contribution >= 4 is 11.8 Å². The first-order valence-electron chi connectivity index (χ1n) is 11.3. The van der Waals surface area contributed by atoms with Gasteiger partial charge in [0.1, 0.15) is 0 Å². The van der Waals surface area contributed by atoms with E-state index in [-0.39, 0.29) is 24.1 Å². The Labute approximate surface area is 192 Å². The second kappa shape index (κ2) is 11.3. The largest absolute Gasteiger partial charge is 0.416 e. The summed E-state index contributed by atoms with van der Waals surface area (Å²) >= 11 is 0. The van der Waals surface area contributed by atoms with Crippen molar-refractivity contribution in [1.29, 1.82) is 0 Å². The first-order chi connectivity index (χ1) is 15.7. The lowest BCUT2D eigenvalue weighted by Gasteiger charge is -2.17. The molecule has 3 rings (SSSR count). The van der Waals surface area contributed by atoms with Crippen LogP contribution in [-0.4, -0.2) is 42.4 Å². The maximum atomic E-state index is 12.8. The van der Waals surface area contributed by atoms with Gasteiger partial charge in [-0.1, -0.05) is 43.7 Å². The van der Waals surface area contributed by atoms with Gasteiger partial charge in [0, 0.05) is 31.2 Å². The SMILES string of the molecule is CCCCc1ccc(CN2CCC(NC(=O)CNC(=O)c3cccc(C(F)(F)F)c3)C2)cc1. The maximum Gasteiger partial charge on any atom is 0.416 e. The van der Waals surface area contributed by atoms with Gasteiger partial charge in [-0.25, -0.2) is 0 Å². The Morgan fingerprint density at radius 2 is 1.82 bits per heavy atom. The van der Waals surface area contributed by atoms with Crippen molar-refractivity contribution in [1.82, 2.24) is 15.5 Å². The molecule has 0 spiro atoms. The van der Waals surface area contributed by atoms with Crippen LogP contribution in [0.15, 0.2) is 48.5 Å². The summed E-state index contributed by atoms with van der Waals surface area (Å²) in [5.41, 5.74) is 1.54. The molecule has 1 unspecified atom stereocenters. The van der Waals surface area contributed by atoms with Gasteiger partial charge in [-0.05, 0) is 48.6 Å². The molecule has 2 N–H and O–H groups in total. The fraction of sp³-hybridized carbons (Fsp3) is 0.440. The zero-order valence-corrected chi connectivity index (χ0v) is 18.8. The molecule has 2 aromatic carbocycles. The van der Waals surface area contributed by atoms with Gasteiger partial charge >= 0.3 is 6.18 Å². The van der Waals surface area contributed by atoms with E-state index in [4.69, 9.17) is 0 Å². The van der Waals surface area contributed by atoms with Gasteiger partial charge < -0.3 is 10.6 Å². The van der Waals surface area contributed by atoms with Gasteiger partial charge in [-0.15, -0.1) is 0 Å². The predicted octanol–water partition coefficient (Wildman–Crippen LogP) is 4.17. The van der Waals surface area contributed by atoms with Gasteiger partial charge in [-0.2, -0.15) is 13.2 Å². The topological polar surface area (TPSA) is 61.4 Å². The summed E-state index contributed by atoms with van der Waals surface area (Å²) in [6, 6.07) is 12.8. The Hall–Kier alpha value is -2.87. The van der Waals surface area contributed by atoms with E-state index in [1.54, 1.807) is 0 Å². The Bertz CT molecular complexity index is 945. The zero-order chi connectivity index (χ0) is 23.8. The van der Waals surface area contributed by atoms with Crippen molar-refractivity contribution < 1.29 is 22.8 Å². The van der Waals surface area contributed by atoms with E-state index in [1.807, 2.05) is 0 Å². The molecule has 1 aliphatic rings.